The van der Waals surface area contributed by atoms with Crippen molar-refractivity contribution in [1.82, 2.24) is 4.90 Å². The van der Waals surface area contributed by atoms with Gasteiger partial charge in [-0.1, -0.05) is 22.0 Å². The average molecular weight is 306 g/mol. The van der Waals surface area contributed by atoms with Crippen molar-refractivity contribution in [3.8, 4) is 0 Å². The summed E-state index contributed by atoms with van der Waals surface area (Å²) in [5, 5.41) is 0. The monoisotopic (exact) mass is 305 g/mol. The highest BCUT2D eigenvalue weighted by molar-refractivity contribution is 9.10. The Kier molecular flexibility index (Phi) is 5.79. The second kappa shape index (κ2) is 6.62. The molecular weight excluding hydrogens is 289 g/mol. The molecule has 1 aromatic carbocycles. The molecule has 4 heteroatoms. The van der Waals surface area contributed by atoms with Crippen LogP contribution in [0, 0.1) is 5.82 Å². The first-order valence-corrected chi connectivity index (χ1v) is 7.36. The number of hydrogen-bond acceptors (Lipinski definition) is 2. The Hall–Kier alpha value is -0.0600. The Balaban J connectivity index is 2.65. The van der Waals surface area contributed by atoms with Gasteiger partial charge in [-0.2, -0.15) is 11.8 Å². The molecule has 0 N–H and O–H groups in total. The standard InChI is InChI=1S/C12H17BrFNS/c1-9(8-16-3)15(2)7-10-4-5-11(14)6-12(10)13/h4-6,9H,7-8H2,1-3H3. The highest BCUT2D eigenvalue weighted by atomic mass is 79.9. The summed E-state index contributed by atoms with van der Waals surface area (Å²) in [6, 6.07) is 5.38. The maximum absolute atomic E-state index is 12.9. The average Bonchev–Trinajstić information content (AvgIpc) is 2.22. The lowest BCUT2D eigenvalue weighted by Gasteiger charge is -2.24. The van der Waals surface area contributed by atoms with E-state index in [0.717, 1.165) is 22.3 Å². The highest BCUT2D eigenvalue weighted by Crippen LogP contribution is 2.20. The Bertz CT molecular complexity index is 346. The van der Waals surface area contributed by atoms with Crippen molar-refractivity contribution in [3.05, 3.63) is 34.1 Å². The maximum Gasteiger partial charge on any atom is 0.124 e. The second-order valence-electron chi connectivity index (χ2n) is 3.96. The first-order valence-electron chi connectivity index (χ1n) is 5.17. The van der Waals surface area contributed by atoms with Crippen molar-refractivity contribution < 1.29 is 4.39 Å². The second-order valence-corrected chi connectivity index (χ2v) is 5.72. The topological polar surface area (TPSA) is 3.24 Å². The molecule has 0 aliphatic carbocycles. The number of rotatable bonds is 5. The van der Waals surface area contributed by atoms with E-state index in [0.29, 0.717) is 6.04 Å². The van der Waals surface area contributed by atoms with E-state index < -0.39 is 0 Å². The van der Waals surface area contributed by atoms with Crippen molar-refractivity contribution in [1.29, 1.82) is 0 Å². The molecule has 0 fully saturated rings. The van der Waals surface area contributed by atoms with Crippen molar-refractivity contribution in [2.45, 2.75) is 19.5 Å². The minimum Gasteiger partial charge on any atom is -0.299 e. The minimum absolute atomic E-state index is 0.199. The van der Waals surface area contributed by atoms with Gasteiger partial charge in [0.05, 0.1) is 0 Å². The quantitative estimate of drug-likeness (QED) is 0.814. The third-order valence-corrected chi connectivity index (χ3v) is 4.15. The van der Waals surface area contributed by atoms with Gasteiger partial charge in [0.2, 0.25) is 0 Å². The van der Waals surface area contributed by atoms with Gasteiger partial charge in [-0.25, -0.2) is 4.39 Å². The van der Waals surface area contributed by atoms with Gasteiger partial charge < -0.3 is 0 Å². The molecule has 1 atom stereocenters. The van der Waals surface area contributed by atoms with Gasteiger partial charge in [0, 0.05) is 22.8 Å². The third-order valence-electron chi connectivity index (χ3n) is 2.60. The Morgan fingerprint density at radius 1 is 1.50 bits per heavy atom. The number of hydrogen-bond donors (Lipinski definition) is 0. The fourth-order valence-electron chi connectivity index (χ4n) is 1.44. The zero-order chi connectivity index (χ0) is 12.1. The van der Waals surface area contributed by atoms with Crippen LogP contribution in [0.5, 0.6) is 0 Å². The van der Waals surface area contributed by atoms with E-state index >= 15 is 0 Å². The molecule has 0 radical (unpaired) electrons. The SMILES string of the molecule is CSCC(C)N(C)Cc1ccc(F)cc1Br. The number of nitrogens with zero attached hydrogens (tertiary/aromatic N) is 1. The summed E-state index contributed by atoms with van der Waals surface area (Å²) in [6.45, 7) is 3.04. The molecule has 0 aliphatic rings. The van der Waals surface area contributed by atoms with Crippen LogP contribution in [0.15, 0.2) is 22.7 Å². The summed E-state index contributed by atoms with van der Waals surface area (Å²) in [5.41, 5.74) is 1.12. The summed E-state index contributed by atoms with van der Waals surface area (Å²) < 4.78 is 13.8. The lowest BCUT2D eigenvalue weighted by Crippen LogP contribution is -2.30. The van der Waals surface area contributed by atoms with E-state index in [1.54, 1.807) is 0 Å². The minimum atomic E-state index is -0.199. The van der Waals surface area contributed by atoms with Gasteiger partial charge in [-0.05, 0) is 37.9 Å². The molecule has 0 heterocycles. The summed E-state index contributed by atoms with van der Waals surface area (Å²) in [4.78, 5) is 2.27. The lowest BCUT2D eigenvalue weighted by molar-refractivity contribution is 0.269. The van der Waals surface area contributed by atoms with Crippen LogP contribution in [-0.4, -0.2) is 30.0 Å². The van der Waals surface area contributed by atoms with Crippen LogP contribution in [0.1, 0.15) is 12.5 Å². The molecule has 90 valence electrons. The molecule has 1 aromatic rings. The molecule has 0 aromatic heterocycles. The first kappa shape index (κ1) is 14.0. The fourth-order valence-corrected chi connectivity index (χ4v) is 2.66. The van der Waals surface area contributed by atoms with Crippen LogP contribution in [-0.2, 0) is 6.54 Å². The van der Waals surface area contributed by atoms with E-state index in [-0.39, 0.29) is 5.82 Å². The van der Waals surface area contributed by atoms with E-state index in [9.17, 15) is 4.39 Å². The van der Waals surface area contributed by atoms with E-state index in [1.165, 1.54) is 12.1 Å². The van der Waals surface area contributed by atoms with Crippen LogP contribution in [0.3, 0.4) is 0 Å². The van der Waals surface area contributed by atoms with Crippen LogP contribution >= 0.6 is 27.7 Å². The molecule has 0 saturated heterocycles. The summed E-state index contributed by atoms with van der Waals surface area (Å²) in [6.07, 6.45) is 2.11. The predicted molar refractivity (Wildman–Crippen MR) is 73.4 cm³/mol. The van der Waals surface area contributed by atoms with Crippen LogP contribution in [0.25, 0.3) is 0 Å². The van der Waals surface area contributed by atoms with Crippen molar-refractivity contribution in [2.24, 2.45) is 0 Å². The zero-order valence-corrected chi connectivity index (χ0v) is 12.2. The smallest absolute Gasteiger partial charge is 0.124 e. The fraction of sp³-hybridized carbons (Fsp3) is 0.500. The molecule has 1 rings (SSSR count). The van der Waals surface area contributed by atoms with Gasteiger partial charge in [0.25, 0.3) is 0 Å². The van der Waals surface area contributed by atoms with Gasteiger partial charge >= 0.3 is 0 Å². The maximum atomic E-state index is 12.9. The van der Waals surface area contributed by atoms with Crippen LogP contribution in [0.2, 0.25) is 0 Å². The largest absolute Gasteiger partial charge is 0.299 e. The third kappa shape index (κ3) is 4.07. The van der Waals surface area contributed by atoms with Gasteiger partial charge in [0.1, 0.15) is 5.82 Å². The molecule has 0 amide bonds. The van der Waals surface area contributed by atoms with E-state index in [1.807, 2.05) is 17.8 Å². The lowest BCUT2D eigenvalue weighted by atomic mass is 10.2. The molecular formula is C12H17BrFNS. The van der Waals surface area contributed by atoms with E-state index in [2.05, 4.69) is 41.1 Å². The molecule has 0 bridgehead atoms. The van der Waals surface area contributed by atoms with Crippen LogP contribution < -0.4 is 0 Å². The number of halogens is 2. The number of benzene rings is 1. The Morgan fingerprint density at radius 2 is 2.19 bits per heavy atom. The predicted octanol–water partition coefficient (Wildman–Crippen LogP) is 3.77. The summed E-state index contributed by atoms with van der Waals surface area (Å²) in [5.74, 6) is 0.908. The highest BCUT2D eigenvalue weighted by Gasteiger charge is 2.10. The normalized spacial score (nSPS) is 13.1. The Morgan fingerprint density at radius 3 is 2.75 bits per heavy atom. The van der Waals surface area contributed by atoms with Crippen molar-refractivity contribution in [3.63, 3.8) is 0 Å². The van der Waals surface area contributed by atoms with Crippen molar-refractivity contribution in [2.75, 3.05) is 19.1 Å². The Labute approximate surface area is 110 Å². The first-order chi connectivity index (χ1) is 7.54. The molecule has 0 spiro atoms. The molecule has 0 aliphatic heterocycles. The summed E-state index contributed by atoms with van der Waals surface area (Å²) in [7, 11) is 2.09. The molecule has 16 heavy (non-hydrogen) atoms. The zero-order valence-electron chi connectivity index (χ0n) is 9.84. The van der Waals surface area contributed by atoms with E-state index in [4.69, 9.17) is 0 Å². The van der Waals surface area contributed by atoms with Crippen LogP contribution in [0.4, 0.5) is 4.39 Å². The van der Waals surface area contributed by atoms with Gasteiger partial charge in [-0.3, -0.25) is 4.90 Å². The molecule has 1 unspecified atom stereocenters. The molecule has 0 saturated carbocycles. The van der Waals surface area contributed by atoms with Gasteiger partial charge in [-0.15, -0.1) is 0 Å². The number of thioether (sulfide) groups is 1. The molecule has 1 nitrogen and oxygen atoms in total. The van der Waals surface area contributed by atoms with Crippen molar-refractivity contribution >= 4 is 27.7 Å². The van der Waals surface area contributed by atoms with Gasteiger partial charge in [0.15, 0.2) is 0 Å². The summed E-state index contributed by atoms with van der Waals surface area (Å²) >= 11 is 5.23.